The van der Waals surface area contributed by atoms with Crippen molar-refractivity contribution >= 4 is 140 Å². The van der Waals surface area contributed by atoms with Gasteiger partial charge in [-0.05, 0) is 194 Å². The van der Waals surface area contributed by atoms with Crippen molar-refractivity contribution in [2.24, 2.45) is 0 Å². The molecule has 0 amide bonds. The minimum atomic E-state index is -0.0715. The van der Waals surface area contributed by atoms with Crippen molar-refractivity contribution < 1.29 is 0 Å². The van der Waals surface area contributed by atoms with Gasteiger partial charge in [0, 0.05) is 91.1 Å². The number of pyridine rings is 3. The topological polar surface area (TPSA) is 48.4 Å². The third-order valence-electron chi connectivity index (χ3n) is 24.1. The van der Waals surface area contributed by atoms with Gasteiger partial charge in [0.05, 0.1) is 67.8 Å². The quantitative estimate of drug-likeness (QED) is 0.133. The van der Waals surface area contributed by atoms with Crippen LogP contribution in [0.3, 0.4) is 0 Å². The predicted molar refractivity (Wildman–Crippen MR) is 515 cm³/mol. The number of benzene rings is 18. The van der Waals surface area contributed by atoms with E-state index >= 15 is 0 Å². The van der Waals surface area contributed by atoms with Crippen LogP contribution < -0.4 is 14.7 Å². The van der Waals surface area contributed by atoms with E-state index in [9.17, 15) is 0 Å². The molecule has 0 saturated heterocycles. The molecule has 6 heterocycles. The number of anilines is 9. The molecule has 3 aliphatic heterocycles. The van der Waals surface area contributed by atoms with Crippen LogP contribution in [0.15, 0.2) is 456 Å². The first-order chi connectivity index (χ1) is 60.3. The van der Waals surface area contributed by atoms with Crippen LogP contribution >= 0.6 is 23.5 Å². The average Bonchev–Trinajstić information content (AvgIpc) is 0.718. The molecule has 24 rings (SSSR count). The summed E-state index contributed by atoms with van der Waals surface area (Å²) in [6.07, 6.45) is 0. The van der Waals surface area contributed by atoms with Gasteiger partial charge in [-0.3, -0.25) is 0 Å². The van der Waals surface area contributed by atoms with Crippen LogP contribution in [0.1, 0.15) is 25.0 Å². The molecule has 0 aliphatic carbocycles. The fraction of sp³-hybridized carbons (Fsp3) is 0.0263. The third kappa shape index (κ3) is 13.2. The second-order valence-electron chi connectivity index (χ2n) is 31.7. The van der Waals surface area contributed by atoms with Gasteiger partial charge in [0.1, 0.15) is 0 Å². The Morgan fingerprint density at radius 1 is 0.189 bits per heavy atom. The van der Waals surface area contributed by atoms with Gasteiger partial charge in [0.2, 0.25) is 0 Å². The number of para-hydroxylation sites is 6. The Bertz CT molecular complexity index is 7500. The summed E-state index contributed by atoms with van der Waals surface area (Å²) < 4.78 is 0. The summed E-state index contributed by atoms with van der Waals surface area (Å²) >= 11 is 3.66. The van der Waals surface area contributed by atoms with Gasteiger partial charge in [-0.15, -0.1) is 0 Å². The smallest absolute Gasteiger partial charge is 0.0788 e. The fourth-order valence-electron chi connectivity index (χ4n) is 18.2. The molecule has 21 aromatic rings. The van der Waals surface area contributed by atoms with Gasteiger partial charge >= 0.3 is 0 Å². The van der Waals surface area contributed by atoms with Crippen molar-refractivity contribution in [2.45, 2.75) is 38.8 Å². The maximum Gasteiger partial charge on any atom is 0.0788 e. The van der Waals surface area contributed by atoms with Crippen LogP contribution in [0.4, 0.5) is 51.2 Å². The predicted octanol–water partition coefficient (Wildman–Crippen LogP) is 32.1. The van der Waals surface area contributed by atoms with Gasteiger partial charge in [-0.1, -0.05) is 341 Å². The number of rotatable bonds is 9. The highest BCUT2D eigenvalue weighted by molar-refractivity contribution is 8.00. The average molecular weight is 1600 g/mol. The van der Waals surface area contributed by atoms with Crippen molar-refractivity contribution in [2.75, 3.05) is 14.7 Å². The molecule has 0 bridgehead atoms. The summed E-state index contributed by atoms with van der Waals surface area (Å²) in [6.45, 7) is 4.65. The first-order valence-corrected chi connectivity index (χ1v) is 43.2. The lowest BCUT2D eigenvalue weighted by Crippen LogP contribution is -2.30. The maximum atomic E-state index is 5.26. The fourth-order valence-corrected chi connectivity index (χ4v) is 20.3. The molecule has 18 aromatic carbocycles. The Morgan fingerprint density at radius 3 is 0.844 bits per heavy atom. The lowest BCUT2D eigenvalue weighted by atomic mass is 9.73. The molecular formula is C114H78N6S2. The highest BCUT2D eigenvalue weighted by Gasteiger charge is 2.37. The van der Waals surface area contributed by atoms with Crippen LogP contribution in [0, 0.1) is 0 Å². The Hall–Kier alpha value is -14.9. The van der Waals surface area contributed by atoms with Gasteiger partial charge in [-0.2, -0.15) is 0 Å². The molecule has 3 aliphatic rings. The van der Waals surface area contributed by atoms with E-state index in [0.717, 1.165) is 72.8 Å². The molecule has 0 unspecified atom stereocenters. The van der Waals surface area contributed by atoms with Crippen molar-refractivity contribution in [3.05, 3.63) is 448 Å². The van der Waals surface area contributed by atoms with Crippen molar-refractivity contribution in [3.63, 3.8) is 0 Å². The van der Waals surface area contributed by atoms with Crippen molar-refractivity contribution in [1.82, 2.24) is 15.0 Å². The highest BCUT2D eigenvalue weighted by atomic mass is 32.2. The first kappa shape index (κ1) is 73.4. The van der Waals surface area contributed by atoms with Crippen molar-refractivity contribution in [1.29, 1.82) is 0 Å². The second kappa shape index (κ2) is 31.1. The summed E-state index contributed by atoms with van der Waals surface area (Å²) in [4.78, 5) is 27.8. The van der Waals surface area contributed by atoms with E-state index in [1.54, 1.807) is 0 Å². The molecule has 0 radical (unpaired) electrons. The molecule has 122 heavy (non-hydrogen) atoms. The van der Waals surface area contributed by atoms with Crippen LogP contribution in [0.5, 0.6) is 0 Å². The van der Waals surface area contributed by atoms with Gasteiger partial charge in [0.25, 0.3) is 0 Å². The Kier molecular flexibility index (Phi) is 18.7. The van der Waals surface area contributed by atoms with E-state index < -0.39 is 0 Å². The summed E-state index contributed by atoms with van der Waals surface area (Å²) in [6, 6.07) is 156. The molecule has 0 fully saturated rings. The molecular weight excluding hydrogens is 1520 g/mol. The van der Waals surface area contributed by atoms with Gasteiger partial charge < -0.3 is 14.7 Å². The van der Waals surface area contributed by atoms with Crippen LogP contribution in [-0.4, -0.2) is 15.0 Å². The Balaban J connectivity index is 0.000000109. The molecule has 0 saturated carbocycles. The molecule has 576 valence electrons. The molecule has 0 N–H and O–H groups in total. The van der Waals surface area contributed by atoms with Crippen LogP contribution in [0.25, 0.3) is 132 Å². The minimum Gasteiger partial charge on any atom is -0.310 e. The zero-order chi connectivity index (χ0) is 81.2. The van der Waals surface area contributed by atoms with E-state index in [2.05, 4.69) is 465 Å². The van der Waals surface area contributed by atoms with E-state index in [0.29, 0.717) is 0 Å². The van der Waals surface area contributed by atoms with Crippen LogP contribution in [0.2, 0.25) is 0 Å². The molecule has 6 nitrogen and oxygen atoms in total. The zero-order valence-electron chi connectivity index (χ0n) is 67.1. The summed E-state index contributed by atoms with van der Waals surface area (Å²) in [7, 11) is 0. The van der Waals surface area contributed by atoms with Crippen molar-refractivity contribution in [3.8, 4) is 67.2 Å². The van der Waals surface area contributed by atoms with E-state index in [-0.39, 0.29) is 5.41 Å². The van der Waals surface area contributed by atoms with Gasteiger partial charge in [-0.25, -0.2) is 15.0 Å². The minimum absolute atomic E-state index is 0.0715. The van der Waals surface area contributed by atoms with E-state index in [1.165, 1.54) is 141 Å². The van der Waals surface area contributed by atoms with E-state index in [4.69, 9.17) is 15.0 Å². The summed E-state index contributed by atoms with van der Waals surface area (Å²) in [5.41, 5.74) is 30.0. The molecule has 0 spiro atoms. The highest BCUT2D eigenvalue weighted by Crippen LogP contribution is 2.56. The van der Waals surface area contributed by atoms with Gasteiger partial charge in [0.15, 0.2) is 0 Å². The molecule has 0 atom stereocenters. The summed E-state index contributed by atoms with van der Waals surface area (Å²) in [5.74, 6) is 0. The normalized spacial score (nSPS) is 12.8. The zero-order valence-corrected chi connectivity index (χ0v) is 68.7. The SMILES string of the molecule is CC1(C)c2ccccc2N(c2ccc(-c3nc4ccc(-c5ccccc5)cc4c4ccccc34)cc2)c2ccccc21.c1ccc(-c2ccc3nc(-c4ccc(N5c6ccccc6Sc6ccccc65)cc4)c4ccccc4c3c2)cc1.c1ccc(-c2ccc3nc(-c4ccc5c(c4)Sc4ccccc4N5c4ccccc4)c4ccccc4c3c2)cc1. The maximum absolute atomic E-state index is 5.26. The monoisotopic (exact) mass is 1590 g/mol. The third-order valence-corrected chi connectivity index (χ3v) is 26.3. The summed E-state index contributed by atoms with van der Waals surface area (Å²) in [5, 5.41) is 10.7. The lowest BCUT2D eigenvalue weighted by Gasteiger charge is -2.42. The number of hydrogen-bond acceptors (Lipinski definition) is 8. The number of aromatic nitrogens is 3. The lowest BCUT2D eigenvalue weighted by molar-refractivity contribution is 0.632. The standard InChI is InChI=1S/C40H30N2.2C37H24N2S/c1-40(2)34-16-8-10-18-37(34)42(38-19-11-9-17-35(38)40)30-23-20-28(21-24-30)39-32-15-7-6-14-31(32)33-26-29(22-25-36(33)41-39)27-12-4-3-5-13-27;1-3-11-25(12-4-1)26-19-21-32-31(23-26)29-15-7-8-16-30(29)37(38-32)27-20-22-34-36(24-27)40-35-18-10-9-17-33(35)39(34)28-13-5-2-6-14-28;1-2-10-25(11-3-1)27-20-23-32-31(24-27)29-12-4-5-13-30(29)37(38-32)26-18-21-28(22-19-26)39-33-14-6-8-16-35(33)40-36-17-9-7-15-34(36)39/h3-26H,1-2H3;2*1-24H. The number of fused-ring (bicyclic) bond motifs is 15. The number of nitrogens with zero attached hydrogens (tertiary/aromatic N) is 6. The molecule has 3 aromatic heterocycles. The van der Waals surface area contributed by atoms with E-state index in [1.807, 2.05) is 23.5 Å². The largest absolute Gasteiger partial charge is 0.310 e. The molecule has 8 heteroatoms. The van der Waals surface area contributed by atoms with Crippen LogP contribution in [-0.2, 0) is 5.41 Å². The second-order valence-corrected chi connectivity index (χ2v) is 33.9. The Morgan fingerprint density at radius 2 is 0.459 bits per heavy atom. The number of hydrogen-bond donors (Lipinski definition) is 0. The first-order valence-electron chi connectivity index (χ1n) is 41.5. The Labute approximate surface area is 718 Å².